The zero-order valence-electron chi connectivity index (χ0n) is 19.2. The van der Waals surface area contributed by atoms with Gasteiger partial charge in [0.25, 0.3) is 0 Å². The summed E-state index contributed by atoms with van der Waals surface area (Å²) in [6.07, 6.45) is -2.39. The zero-order chi connectivity index (χ0) is 24.2. The van der Waals surface area contributed by atoms with Gasteiger partial charge < -0.3 is 19.3 Å². The SMILES string of the molecule is COc1cccc(C(O)[C@@H]2CC(=O)N(C(=O)OCc3ccccc3)[C@@H]2C(=O)OC(C)(C)C)c1. The average molecular weight is 456 g/mol. The molecule has 1 saturated heterocycles. The Balaban J connectivity index is 1.88. The number of nitrogens with zero attached hydrogens (tertiary/aromatic N) is 1. The summed E-state index contributed by atoms with van der Waals surface area (Å²) in [6, 6.07) is 14.4. The lowest BCUT2D eigenvalue weighted by molar-refractivity contribution is -0.163. The highest BCUT2D eigenvalue weighted by atomic mass is 16.6. The Morgan fingerprint density at radius 2 is 1.82 bits per heavy atom. The molecule has 0 aromatic heterocycles. The van der Waals surface area contributed by atoms with Gasteiger partial charge in [-0.3, -0.25) is 4.79 Å². The lowest BCUT2D eigenvalue weighted by Crippen LogP contribution is -2.48. The van der Waals surface area contributed by atoms with Gasteiger partial charge in [-0.1, -0.05) is 42.5 Å². The standard InChI is InChI=1S/C25H29NO7/c1-25(2,3)33-23(29)21-19(22(28)17-11-8-12-18(13-17)31-4)14-20(27)26(21)24(30)32-15-16-9-6-5-7-10-16/h5-13,19,21-22,28H,14-15H2,1-4H3/t19-,21+,22?/m1/s1. The number of benzene rings is 2. The van der Waals surface area contributed by atoms with E-state index < -0.39 is 41.6 Å². The Hall–Kier alpha value is -3.39. The van der Waals surface area contributed by atoms with E-state index >= 15 is 0 Å². The van der Waals surface area contributed by atoms with Crippen molar-refractivity contribution in [3.63, 3.8) is 0 Å². The predicted molar refractivity (Wildman–Crippen MR) is 119 cm³/mol. The Morgan fingerprint density at radius 3 is 2.45 bits per heavy atom. The molecule has 176 valence electrons. The predicted octanol–water partition coefficient (Wildman–Crippen LogP) is 3.62. The molecular formula is C25H29NO7. The third-order valence-electron chi connectivity index (χ3n) is 5.25. The van der Waals surface area contributed by atoms with Crippen LogP contribution in [-0.2, 0) is 25.7 Å². The van der Waals surface area contributed by atoms with Crippen molar-refractivity contribution >= 4 is 18.0 Å². The lowest BCUT2D eigenvalue weighted by Gasteiger charge is -2.30. The van der Waals surface area contributed by atoms with E-state index in [1.54, 1.807) is 69.3 Å². The Bertz CT molecular complexity index is 999. The van der Waals surface area contributed by atoms with Crippen LogP contribution in [0.1, 0.15) is 44.4 Å². The molecule has 33 heavy (non-hydrogen) atoms. The fraction of sp³-hybridized carbons (Fsp3) is 0.400. The molecule has 0 radical (unpaired) electrons. The van der Waals surface area contributed by atoms with Crippen LogP contribution >= 0.6 is 0 Å². The van der Waals surface area contributed by atoms with E-state index in [9.17, 15) is 19.5 Å². The Kier molecular flexibility index (Phi) is 7.38. The van der Waals surface area contributed by atoms with Crippen LogP contribution in [0.3, 0.4) is 0 Å². The summed E-state index contributed by atoms with van der Waals surface area (Å²) in [5.74, 6) is -1.79. The summed E-state index contributed by atoms with van der Waals surface area (Å²) >= 11 is 0. The van der Waals surface area contributed by atoms with Gasteiger partial charge in [0, 0.05) is 12.3 Å². The number of hydrogen-bond donors (Lipinski definition) is 1. The number of carbonyl (C=O) groups is 3. The summed E-state index contributed by atoms with van der Waals surface area (Å²) in [5, 5.41) is 11.1. The van der Waals surface area contributed by atoms with Gasteiger partial charge in [-0.25, -0.2) is 14.5 Å². The number of ether oxygens (including phenoxy) is 3. The minimum atomic E-state index is -1.33. The van der Waals surface area contributed by atoms with Gasteiger partial charge in [-0.2, -0.15) is 0 Å². The van der Waals surface area contributed by atoms with Crippen LogP contribution in [0.5, 0.6) is 5.75 Å². The first-order chi connectivity index (χ1) is 15.6. The van der Waals surface area contributed by atoms with Gasteiger partial charge >= 0.3 is 12.1 Å². The largest absolute Gasteiger partial charge is 0.497 e. The van der Waals surface area contributed by atoms with Crippen LogP contribution in [0.15, 0.2) is 54.6 Å². The molecule has 0 saturated carbocycles. The molecular weight excluding hydrogens is 426 g/mol. The first-order valence-electron chi connectivity index (χ1n) is 10.7. The number of carbonyl (C=O) groups excluding carboxylic acids is 3. The van der Waals surface area contributed by atoms with E-state index in [1.807, 2.05) is 6.07 Å². The molecule has 1 fully saturated rings. The lowest BCUT2D eigenvalue weighted by atomic mass is 9.89. The maximum atomic E-state index is 13.1. The first kappa shape index (κ1) is 24.3. The number of amides is 2. The minimum absolute atomic E-state index is 0.0619. The van der Waals surface area contributed by atoms with Gasteiger partial charge in [-0.05, 0) is 44.0 Å². The quantitative estimate of drug-likeness (QED) is 0.664. The highest BCUT2D eigenvalue weighted by Gasteiger charge is 2.52. The molecule has 3 rings (SSSR count). The molecule has 2 aromatic rings. The highest BCUT2D eigenvalue weighted by Crippen LogP contribution is 2.38. The third-order valence-corrected chi connectivity index (χ3v) is 5.25. The molecule has 1 heterocycles. The van der Waals surface area contributed by atoms with E-state index in [1.165, 1.54) is 7.11 Å². The maximum absolute atomic E-state index is 13.1. The molecule has 3 atom stereocenters. The fourth-order valence-electron chi connectivity index (χ4n) is 3.76. The number of likely N-dealkylation sites (tertiary alicyclic amines) is 1. The van der Waals surface area contributed by atoms with Crippen LogP contribution < -0.4 is 4.74 Å². The van der Waals surface area contributed by atoms with Gasteiger partial charge in [0.2, 0.25) is 5.91 Å². The van der Waals surface area contributed by atoms with Crippen molar-refractivity contribution in [2.24, 2.45) is 5.92 Å². The number of rotatable bonds is 6. The Labute approximate surface area is 193 Å². The summed E-state index contributed by atoms with van der Waals surface area (Å²) in [7, 11) is 1.50. The van der Waals surface area contributed by atoms with E-state index in [0.29, 0.717) is 11.3 Å². The topological polar surface area (TPSA) is 102 Å². The summed E-state index contributed by atoms with van der Waals surface area (Å²) in [4.78, 5) is 39.6. The number of aliphatic hydroxyl groups excluding tert-OH is 1. The van der Waals surface area contributed by atoms with E-state index in [2.05, 4.69) is 0 Å². The second kappa shape index (κ2) is 10.0. The van der Waals surface area contributed by atoms with Gasteiger partial charge in [0.05, 0.1) is 13.2 Å². The second-order valence-corrected chi connectivity index (χ2v) is 8.87. The molecule has 0 aliphatic carbocycles. The van der Waals surface area contributed by atoms with Crippen LogP contribution in [0.4, 0.5) is 4.79 Å². The second-order valence-electron chi connectivity index (χ2n) is 8.87. The van der Waals surface area contributed by atoms with Gasteiger partial charge in [0.15, 0.2) is 0 Å². The molecule has 0 bridgehead atoms. The number of methoxy groups -OCH3 is 1. The smallest absolute Gasteiger partial charge is 0.417 e. The Morgan fingerprint density at radius 1 is 1.12 bits per heavy atom. The average Bonchev–Trinajstić information content (AvgIpc) is 3.14. The third kappa shape index (κ3) is 5.90. The molecule has 1 unspecified atom stereocenters. The van der Waals surface area contributed by atoms with E-state index in [-0.39, 0.29) is 13.0 Å². The molecule has 0 spiro atoms. The number of aliphatic hydroxyl groups is 1. The van der Waals surface area contributed by atoms with Crippen molar-refractivity contribution < 1.29 is 33.7 Å². The van der Waals surface area contributed by atoms with Crippen LogP contribution in [0.25, 0.3) is 0 Å². The van der Waals surface area contributed by atoms with Crippen molar-refractivity contribution in [3.05, 3.63) is 65.7 Å². The highest BCUT2D eigenvalue weighted by molar-refractivity contribution is 6.00. The molecule has 2 amide bonds. The maximum Gasteiger partial charge on any atom is 0.417 e. The summed E-state index contributed by atoms with van der Waals surface area (Å²) in [6.45, 7) is 5.00. The first-order valence-corrected chi connectivity index (χ1v) is 10.7. The fourth-order valence-corrected chi connectivity index (χ4v) is 3.76. The van der Waals surface area contributed by atoms with Crippen molar-refractivity contribution in [2.45, 2.75) is 51.5 Å². The molecule has 8 nitrogen and oxygen atoms in total. The molecule has 1 N–H and O–H groups in total. The summed E-state index contributed by atoms with van der Waals surface area (Å²) in [5.41, 5.74) is 0.341. The van der Waals surface area contributed by atoms with Crippen LogP contribution in [-0.4, -0.2) is 46.7 Å². The van der Waals surface area contributed by atoms with Gasteiger partial charge in [0.1, 0.15) is 24.0 Å². The number of imide groups is 1. The van der Waals surface area contributed by atoms with Crippen LogP contribution in [0, 0.1) is 5.92 Å². The zero-order valence-corrected chi connectivity index (χ0v) is 19.2. The van der Waals surface area contributed by atoms with E-state index in [0.717, 1.165) is 10.5 Å². The normalized spacial score (nSPS) is 19.2. The van der Waals surface area contributed by atoms with Crippen molar-refractivity contribution in [3.8, 4) is 5.75 Å². The van der Waals surface area contributed by atoms with E-state index in [4.69, 9.17) is 14.2 Å². The molecule has 1 aliphatic rings. The summed E-state index contributed by atoms with van der Waals surface area (Å²) < 4.78 is 16.0. The van der Waals surface area contributed by atoms with Crippen LogP contribution in [0.2, 0.25) is 0 Å². The number of esters is 1. The van der Waals surface area contributed by atoms with Crippen molar-refractivity contribution in [1.82, 2.24) is 4.90 Å². The monoisotopic (exact) mass is 455 g/mol. The van der Waals surface area contributed by atoms with Crippen molar-refractivity contribution in [1.29, 1.82) is 0 Å². The molecule has 8 heteroatoms. The van der Waals surface area contributed by atoms with Crippen molar-refractivity contribution in [2.75, 3.05) is 7.11 Å². The number of hydrogen-bond acceptors (Lipinski definition) is 7. The minimum Gasteiger partial charge on any atom is -0.497 e. The van der Waals surface area contributed by atoms with Gasteiger partial charge in [-0.15, -0.1) is 0 Å². The molecule has 2 aromatic carbocycles. The molecule has 1 aliphatic heterocycles.